The smallest absolute Gasteiger partial charge is 0.319 e. The van der Waals surface area contributed by atoms with Gasteiger partial charge in [-0.1, -0.05) is 61.9 Å². The molecule has 6 nitrogen and oxygen atoms in total. The lowest BCUT2D eigenvalue weighted by atomic mass is 9.85. The number of nitrogens with zero attached hydrogens (tertiary/aromatic N) is 2. The molecule has 0 unspecified atom stereocenters. The third-order valence-corrected chi connectivity index (χ3v) is 4.88. The average molecular weight is 365 g/mol. The van der Waals surface area contributed by atoms with E-state index in [2.05, 4.69) is 5.32 Å². The number of anilines is 1. The first-order valence-corrected chi connectivity index (χ1v) is 9.01. The number of hydrogen-bond acceptors (Lipinski definition) is 3. The number of nitrogens with one attached hydrogen (secondary N) is 1. The minimum Gasteiger partial charge on any atom is -0.319 e. The summed E-state index contributed by atoms with van der Waals surface area (Å²) in [6.07, 6.45) is 1.19. The van der Waals surface area contributed by atoms with Crippen molar-refractivity contribution in [1.82, 2.24) is 10.2 Å². The van der Waals surface area contributed by atoms with Crippen molar-refractivity contribution in [3.8, 4) is 0 Å². The number of carbonyl (C=O) groups excluding carboxylic acids is 3. The van der Waals surface area contributed by atoms with Crippen LogP contribution in [-0.2, 0) is 15.1 Å². The second-order valence-electron chi connectivity index (χ2n) is 6.63. The lowest BCUT2D eigenvalue weighted by Crippen LogP contribution is -2.45. The van der Waals surface area contributed by atoms with Crippen LogP contribution in [-0.4, -0.2) is 36.3 Å². The third kappa shape index (κ3) is 3.43. The number of likely N-dealkylation sites (N-methyl/N-ethyl adjacent to an activating group) is 1. The predicted octanol–water partition coefficient (Wildman–Crippen LogP) is 2.90. The Morgan fingerprint density at radius 3 is 2.22 bits per heavy atom. The first kappa shape index (κ1) is 18.6. The molecule has 1 aliphatic rings. The van der Waals surface area contributed by atoms with Gasteiger partial charge in [-0.25, -0.2) is 4.79 Å². The fourth-order valence-electron chi connectivity index (χ4n) is 3.41. The van der Waals surface area contributed by atoms with Gasteiger partial charge in [-0.15, -0.1) is 0 Å². The molecule has 140 valence electrons. The summed E-state index contributed by atoms with van der Waals surface area (Å²) in [6, 6.07) is 17.8. The van der Waals surface area contributed by atoms with Gasteiger partial charge in [-0.05, 0) is 24.1 Å². The van der Waals surface area contributed by atoms with Gasteiger partial charge >= 0.3 is 6.03 Å². The number of amides is 4. The van der Waals surface area contributed by atoms with Crippen LogP contribution >= 0.6 is 0 Å². The highest BCUT2D eigenvalue weighted by molar-refractivity contribution is 6.10. The van der Waals surface area contributed by atoms with Gasteiger partial charge in [0.05, 0.1) is 0 Å². The number of para-hydroxylation sites is 1. The number of benzene rings is 2. The summed E-state index contributed by atoms with van der Waals surface area (Å²) in [5.41, 5.74) is 0.326. The van der Waals surface area contributed by atoms with E-state index in [1.54, 1.807) is 19.2 Å². The maximum Gasteiger partial charge on any atom is 0.325 e. The zero-order chi connectivity index (χ0) is 19.4. The quantitative estimate of drug-likeness (QED) is 0.800. The summed E-state index contributed by atoms with van der Waals surface area (Å²) in [6.45, 7) is 1.66. The standard InChI is InChI=1S/C21H23N3O3/c1-3-14-21(16-10-6-4-7-11-16)19(26)24(20(27)22-21)15-18(25)23(2)17-12-8-5-9-13-17/h4-13H,3,14-15H2,1-2H3,(H,22,27)/t21-/m0/s1. The van der Waals surface area contributed by atoms with E-state index in [-0.39, 0.29) is 18.4 Å². The SMILES string of the molecule is CCC[C@@]1(c2ccccc2)NC(=O)N(CC(=O)N(C)c2ccccc2)C1=O. The van der Waals surface area contributed by atoms with Crippen LogP contribution in [0.25, 0.3) is 0 Å². The van der Waals surface area contributed by atoms with E-state index in [1.165, 1.54) is 4.90 Å². The van der Waals surface area contributed by atoms with E-state index >= 15 is 0 Å². The maximum atomic E-state index is 13.2. The van der Waals surface area contributed by atoms with Crippen molar-refractivity contribution in [2.24, 2.45) is 0 Å². The predicted molar refractivity (Wildman–Crippen MR) is 103 cm³/mol. The molecule has 1 atom stereocenters. The summed E-state index contributed by atoms with van der Waals surface area (Å²) in [5.74, 6) is -0.708. The van der Waals surface area contributed by atoms with E-state index in [0.717, 1.165) is 10.5 Å². The molecule has 2 aromatic carbocycles. The van der Waals surface area contributed by atoms with Crippen molar-refractivity contribution in [1.29, 1.82) is 0 Å². The molecule has 0 saturated carbocycles. The number of rotatable bonds is 6. The van der Waals surface area contributed by atoms with Gasteiger partial charge in [0, 0.05) is 12.7 Å². The summed E-state index contributed by atoms with van der Waals surface area (Å²) in [7, 11) is 1.63. The Morgan fingerprint density at radius 2 is 1.63 bits per heavy atom. The molecule has 3 rings (SSSR count). The zero-order valence-corrected chi connectivity index (χ0v) is 15.5. The Bertz CT molecular complexity index is 838. The van der Waals surface area contributed by atoms with Gasteiger partial charge in [0.25, 0.3) is 5.91 Å². The molecule has 1 N–H and O–H groups in total. The van der Waals surface area contributed by atoms with E-state index in [0.29, 0.717) is 18.5 Å². The van der Waals surface area contributed by atoms with Crippen LogP contribution in [0.4, 0.5) is 10.5 Å². The number of imide groups is 1. The number of hydrogen-bond donors (Lipinski definition) is 1. The minimum atomic E-state index is -1.11. The Morgan fingerprint density at radius 1 is 1.04 bits per heavy atom. The molecule has 1 heterocycles. The van der Waals surface area contributed by atoms with Crippen molar-refractivity contribution in [3.05, 3.63) is 66.2 Å². The number of carbonyl (C=O) groups is 3. The van der Waals surface area contributed by atoms with E-state index in [9.17, 15) is 14.4 Å². The molecule has 1 aliphatic heterocycles. The van der Waals surface area contributed by atoms with Gasteiger partial charge in [0.2, 0.25) is 5.91 Å². The second kappa shape index (κ2) is 7.61. The molecule has 0 aliphatic carbocycles. The average Bonchev–Trinajstić information content (AvgIpc) is 2.94. The van der Waals surface area contributed by atoms with Crippen molar-refractivity contribution in [3.63, 3.8) is 0 Å². The molecule has 0 spiro atoms. The summed E-state index contributed by atoms with van der Waals surface area (Å²) in [5, 5.41) is 2.84. The van der Waals surface area contributed by atoms with Crippen LogP contribution in [0.5, 0.6) is 0 Å². The highest BCUT2D eigenvalue weighted by Gasteiger charge is 2.52. The van der Waals surface area contributed by atoms with Crippen LogP contribution in [0.3, 0.4) is 0 Å². The third-order valence-electron chi connectivity index (χ3n) is 4.88. The van der Waals surface area contributed by atoms with Gasteiger partial charge in [0.15, 0.2) is 0 Å². The Labute approximate surface area is 158 Å². The van der Waals surface area contributed by atoms with Crippen LogP contribution in [0.1, 0.15) is 25.3 Å². The second-order valence-corrected chi connectivity index (χ2v) is 6.63. The molecule has 27 heavy (non-hydrogen) atoms. The molecule has 0 bridgehead atoms. The Hall–Kier alpha value is -3.15. The lowest BCUT2D eigenvalue weighted by molar-refractivity contribution is -0.134. The van der Waals surface area contributed by atoms with Gasteiger partial charge in [-0.3, -0.25) is 14.5 Å². The Balaban J connectivity index is 1.84. The maximum absolute atomic E-state index is 13.2. The van der Waals surface area contributed by atoms with Crippen molar-refractivity contribution >= 4 is 23.5 Å². The van der Waals surface area contributed by atoms with E-state index < -0.39 is 11.6 Å². The van der Waals surface area contributed by atoms with Crippen LogP contribution < -0.4 is 10.2 Å². The van der Waals surface area contributed by atoms with Crippen LogP contribution in [0, 0.1) is 0 Å². The fraction of sp³-hybridized carbons (Fsp3) is 0.286. The molecule has 1 saturated heterocycles. The molecule has 0 aromatic heterocycles. The normalized spacial score (nSPS) is 19.1. The lowest BCUT2D eigenvalue weighted by Gasteiger charge is -2.27. The zero-order valence-electron chi connectivity index (χ0n) is 15.5. The minimum absolute atomic E-state index is 0.297. The molecular formula is C21H23N3O3. The van der Waals surface area contributed by atoms with Crippen molar-refractivity contribution in [2.75, 3.05) is 18.5 Å². The Kier molecular flexibility index (Phi) is 5.26. The summed E-state index contributed by atoms with van der Waals surface area (Å²) in [4.78, 5) is 40.9. The molecule has 6 heteroatoms. The monoisotopic (exact) mass is 365 g/mol. The molecule has 2 aromatic rings. The van der Waals surface area contributed by atoms with Crippen LogP contribution in [0.15, 0.2) is 60.7 Å². The van der Waals surface area contributed by atoms with E-state index in [4.69, 9.17) is 0 Å². The first-order chi connectivity index (χ1) is 13.0. The molecule has 0 radical (unpaired) electrons. The van der Waals surface area contributed by atoms with Gasteiger partial charge in [0.1, 0.15) is 12.1 Å². The summed E-state index contributed by atoms with van der Waals surface area (Å²) < 4.78 is 0. The van der Waals surface area contributed by atoms with Crippen molar-refractivity contribution in [2.45, 2.75) is 25.3 Å². The van der Waals surface area contributed by atoms with Gasteiger partial charge in [-0.2, -0.15) is 0 Å². The molecule has 4 amide bonds. The fourth-order valence-corrected chi connectivity index (χ4v) is 3.41. The van der Waals surface area contributed by atoms with Crippen molar-refractivity contribution < 1.29 is 14.4 Å². The highest BCUT2D eigenvalue weighted by atomic mass is 16.2. The van der Waals surface area contributed by atoms with Gasteiger partial charge < -0.3 is 10.2 Å². The largest absolute Gasteiger partial charge is 0.325 e. The molecular weight excluding hydrogens is 342 g/mol. The topological polar surface area (TPSA) is 69.7 Å². The molecule has 1 fully saturated rings. The van der Waals surface area contributed by atoms with Crippen LogP contribution in [0.2, 0.25) is 0 Å². The highest BCUT2D eigenvalue weighted by Crippen LogP contribution is 2.33. The summed E-state index contributed by atoms with van der Waals surface area (Å²) >= 11 is 0. The van der Waals surface area contributed by atoms with E-state index in [1.807, 2.05) is 55.5 Å². The first-order valence-electron chi connectivity index (χ1n) is 9.01. The number of urea groups is 1.